The molecule has 0 atom stereocenters. The molecule has 8 nitrogen and oxygen atoms in total. The third-order valence-corrected chi connectivity index (χ3v) is 5.44. The van der Waals surface area contributed by atoms with Crippen LogP contribution in [-0.4, -0.2) is 28.5 Å². The van der Waals surface area contributed by atoms with Crippen LogP contribution in [0.5, 0.6) is 0 Å². The summed E-state index contributed by atoms with van der Waals surface area (Å²) in [4.78, 5) is 11.2. The molecule has 10 heteroatoms. The molecule has 0 radical (unpaired) electrons. The first kappa shape index (κ1) is 13.5. The van der Waals surface area contributed by atoms with Crippen LogP contribution < -0.4 is 4.72 Å². The maximum Gasteiger partial charge on any atom is 0.279 e. The van der Waals surface area contributed by atoms with Crippen LogP contribution in [0, 0.1) is 0 Å². The van der Waals surface area contributed by atoms with Crippen molar-refractivity contribution in [1.29, 1.82) is 0 Å². The number of hydrogen-bond acceptors (Lipinski definition) is 7. The largest absolute Gasteiger partial charge is 0.334 e. The number of nitrogens with zero attached hydrogens (tertiary/aromatic N) is 3. The average Bonchev–Trinajstić information content (AvgIpc) is 2.96. The number of imidazole rings is 1. The van der Waals surface area contributed by atoms with Gasteiger partial charge in [0.25, 0.3) is 15.9 Å². The molecular formula is C12H11N5O3S2. The van der Waals surface area contributed by atoms with Gasteiger partial charge < -0.3 is 9.51 Å². The van der Waals surface area contributed by atoms with E-state index >= 15 is 0 Å². The summed E-state index contributed by atoms with van der Waals surface area (Å²) < 4.78 is 32.2. The number of rotatable bonds is 5. The van der Waals surface area contributed by atoms with Crippen molar-refractivity contribution in [3.05, 3.63) is 29.8 Å². The van der Waals surface area contributed by atoms with Gasteiger partial charge in [0.1, 0.15) is 4.88 Å². The molecule has 0 saturated heterocycles. The summed E-state index contributed by atoms with van der Waals surface area (Å²) in [5, 5.41) is 5.71. The number of nitrogens with one attached hydrogen (secondary N) is 2. The number of anilines is 1. The zero-order valence-electron chi connectivity index (χ0n) is 11.2. The molecule has 1 fully saturated rings. The SMILES string of the molecule is O=S(=O)(Nc1ccsc1-c1nc(C2CC2)no1)c1cnc[nH]1. The van der Waals surface area contributed by atoms with E-state index in [9.17, 15) is 8.42 Å². The molecule has 0 spiro atoms. The molecule has 1 aliphatic rings. The van der Waals surface area contributed by atoms with Gasteiger partial charge >= 0.3 is 0 Å². The zero-order valence-corrected chi connectivity index (χ0v) is 12.8. The molecule has 1 saturated carbocycles. The molecule has 0 bridgehead atoms. The van der Waals surface area contributed by atoms with Gasteiger partial charge in [-0.15, -0.1) is 11.3 Å². The summed E-state index contributed by atoms with van der Waals surface area (Å²) >= 11 is 1.34. The highest BCUT2D eigenvalue weighted by Gasteiger charge is 2.30. The van der Waals surface area contributed by atoms with Gasteiger partial charge in [-0.05, 0) is 24.3 Å². The maximum atomic E-state index is 12.2. The Labute approximate surface area is 129 Å². The minimum absolute atomic E-state index is 0.00570. The molecule has 0 aromatic carbocycles. The average molecular weight is 337 g/mol. The van der Waals surface area contributed by atoms with E-state index in [1.54, 1.807) is 11.4 Å². The van der Waals surface area contributed by atoms with Crippen LogP contribution in [0.15, 0.2) is 33.5 Å². The third-order valence-electron chi connectivity index (χ3n) is 3.25. The van der Waals surface area contributed by atoms with Crippen LogP contribution in [-0.2, 0) is 10.0 Å². The van der Waals surface area contributed by atoms with Crippen LogP contribution >= 0.6 is 11.3 Å². The van der Waals surface area contributed by atoms with Crippen molar-refractivity contribution in [3.8, 4) is 10.8 Å². The summed E-state index contributed by atoms with van der Waals surface area (Å²) in [5.74, 6) is 1.40. The van der Waals surface area contributed by atoms with Crippen LogP contribution in [0.3, 0.4) is 0 Å². The van der Waals surface area contributed by atoms with Crippen LogP contribution in [0.2, 0.25) is 0 Å². The molecule has 2 N–H and O–H groups in total. The Morgan fingerprint density at radius 1 is 1.41 bits per heavy atom. The lowest BCUT2D eigenvalue weighted by Gasteiger charge is -2.05. The van der Waals surface area contributed by atoms with E-state index in [0.29, 0.717) is 28.2 Å². The highest BCUT2D eigenvalue weighted by molar-refractivity contribution is 7.92. The monoisotopic (exact) mass is 337 g/mol. The minimum Gasteiger partial charge on any atom is -0.334 e. The van der Waals surface area contributed by atoms with Gasteiger partial charge in [-0.1, -0.05) is 5.16 Å². The van der Waals surface area contributed by atoms with Crippen molar-refractivity contribution in [2.75, 3.05) is 4.72 Å². The predicted octanol–water partition coefficient (Wildman–Crippen LogP) is 2.20. The van der Waals surface area contributed by atoms with E-state index < -0.39 is 10.0 Å². The van der Waals surface area contributed by atoms with Gasteiger partial charge in [0, 0.05) is 5.92 Å². The van der Waals surface area contributed by atoms with Gasteiger partial charge in [-0.2, -0.15) is 13.4 Å². The van der Waals surface area contributed by atoms with E-state index in [2.05, 4.69) is 24.8 Å². The Hall–Kier alpha value is -2.20. The van der Waals surface area contributed by atoms with Gasteiger partial charge in [0.15, 0.2) is 10.9 Å². The molecule has 3 aromatic rings. The summed E-state index contributed by atoms with van der Waals surface area (Å²) in [6.45, 7) is 0. The Kier molecular flexibility index (Phi) is 3.01. The Balaban J connectivity index is 1.65. The summed E-state index contributed by atoms with van der Waals surface area (Å²) in [6, 6.07) is 1.66. The summed E-state index contributed by atoms with van der Waals surface area (Å²) in [6.07, 6.45) is 4.70. The van der Waals surface area contributed by atoms with Gasteiger partial charge in [-0.3, -0.25) is 4.72 Å². The molecule has 0 unspecified atom stereocenters. The lowest BCUT2D eigenvalue weighted by Crippen LogP contribution is -2.13. The van der Waals surface area contributed by atoms with Crippen LogP contribution in [0.1, 0.15) is 24.6 Å². The smallest absolute Gasteiger partial charge is 0.279 e. The predicted molar refractivity (Wildman–Crippen MR) is 79.0 cm³/mol. The van der Waals surface area contributed by atoms with Gasteiger partial charge in [0.2, 0.25) is 0 Å². The Morgan fingerprint density at radius 2 is 2.27 bits per heavy atom. The lowest BCUT2D eigenvalue weighted by atomic mass is 10.4. The first-order valence-electron chi connectivity index (χ1n) is 6.56. The quantitative estimate of drug-likeness (QED) is 0.738. The fourth-order valence-corrected chi connectivity index (χ4v) is 3.79. The molecule has 3 heterocycles. The third kappa shape index (κ3) is 2.40. The minimum atomic E-state index is -3.72. The van der Waals surface area contributed by atoms with E-state index in [-0.39, 0.29) is 5.03 Å². The molecule has 4 rings (SSSR count). The van der Waals surface area contributed by atoms with Crippen molar-refractivity contribution < 1.29 is 12.9 Å². The molecule has 0 amide bonds. The van der Waals surface area contributed by atoms with Crippen molar-refractivity contribution in [2.24, 2.45) is 0 Å². The highest BCUT2D eigenvalue weighted by Crippen LogP contribution is 2.40. The van der Waals surface area contributed by atoms with Crippen molar-refractivity contribution in [1.82, 2.24) is 20.1 Å². The lowest BCUT2D eigenvalue weighted by molar-refractivity contribution is 0.423. The summed E-state index contributed by atoms with van der Waals surface area (Å²) in [5.41, 5.74) is 0.408. The van der Waals surface area contributed by atoms with Crippen molar-refractivity contribution in [3.63, 3.8) is 0 Å². The molecule has 114 valence electrons. The number of thiophene rings is 1. The van der Waals surface area contributed by atoms with Gasteiger partial charge in [-0.25, -0.2) is 4.98 Å². The number of hydrogen-bond donors (Lipinski definition) is 2. The topological polar surface area (TPSA) is 114 Å². The number of aromatic nitrogens is 4. The van der Waals surface area contributed by atoms with Gasteiger partial charge in [0.05, 0.1) is 18.2 Å². The number of aromatic amines is 1. The fourth-order valence-electron chi connectivity index (χ4n) is 1.98. The van der Waals surface area contributed by atoms with E-state index in [1.165, 1.54) is 23.9 Å². The molecular weight excluding hydrogens is 326 g/mol. The Morgan fingerprint density at radius 3 is 3.00 bits per heavy atom. The normalized spacial score (nSPS) is 15.1. The van der Waals surface area contributed by atoms with Crippen molar-refractivity contribution >= 4 is 27.0 Å². The van der Waals surface area contributed by atoms with E-state index in [1.807, 2.05) is 0 Å². The maximum absolute atomic E-state index is 12.2. The van der Waals surface area contributed by atoms with E-state index in [0.717, 1.165) is 12.8 Å². The standard InChI is InChI=1S/C12H11N5O3S2/c18-22(19,9-5-13-6-14-9)17-8-3-4-21-10(8)12-15-11(16-20-12)7-1-2-7/h3-7,17H,1-2H2,(H,13,14). The van der Waals surface area contributed by atoms with Crippen molar-refractivity contribution in [2.45, 2.75) is 23.8 Å². The fraction of sp³-hybridized carbons (Fsp3) is 0.250. The van der Waals surface area contributed by atoms with E-state index in [4.69, 9.17) is 4.52 Å². The highest BCUT2D eigenvalue weighted by atomic mass is 32.2. The van der Waals surface area contributed by atoms with Crippen LogP contribution in [0.25, 0.3) is 10.8 Å². The molecule has 3 aromatic heterocycles. The first-order valence-corrected chi connectivity index (χ1v) is 8.92. The van der Waals surface area contributed by atoms with Crippen LogP contribution in [0.4, 0.5) is 5.69 Å². The Bertz CT molecular complexity index is 893. The molecule has 0 aliphatic heterocycles. The number of sulfonamides is 1. The second-order valence-electron chi connectivity index (χ2n) is 4.92. The molecule has 1 aliphatic carbocycles. The summed E-state index contributed by atoms with van der Waals surface area (Å²) in [7, 11) is -3.72. The molecule has 22 heavy (non-hydrogen) atoms. The second-order valence-corrected chi connectivity index (χ2v) is 7.48. The number of H-pyrrole nitrogens is 1. The first-order chi connectivity index (χ1) is 10.6. The zero-order chi connectivity index (χ0) is 15.2. The second kappa shape index (κ2) is 4.92.